The predicted molar refractivity (Wildman–Crippen MR) is 191 cm³/mol. The van der Waals surface area contributed by atoms with E-state index < -0.39 is 0 Å². The van der Waals surface area contributed by atoms with Crippen molar-refractivity contribution >= 4 is 65.6 Å². The molecule has 0 bridgehead atoms. The van der Waals surface area contributed by atoms with Gasteiger partial charge in [0.05, 0.1) is 44.3 Å². The molecule has 6 aromatic carbocycles. The second-order valence-electron chi connectivity index (χ2n) is 13.2. The summed E-state index contributed by atoms with van der Waals surface area (Å²) in [6.07, 6.45) is 0. The smallest absolute Gasteiger partial charge is 0.145 e. The van der Waals surface area contributed by atoms with Crippen LogP contribution in [0.4, 0.5) is 0 Å². The molecule has 222 valence electrons. The number of rotatable bonds is 2. The minimum Gasteiger partial charge on any atom is -0.455 e. The van der Waals surface area contributed by atoms with E-state index in [1.807, 2.05) is 66.7 Å². The molecule has 47 heavy (non-hydrogen) atoms. The second-order valence-corrected chi connectivity index (χ2v) is 13.2. The molecule has 0 aliphatic heterocycles. The van der Waals surface area contributed by atoms with E-state index in [1.165, 1.54) is 5.56 Å². The Morgan fingerprint density at radius 1 is 0.553 bits per heavy atom. The predicted octanol–water partition coefficient (Wildman–Crippen LogP) is 10.8. The van der Waals surface area contributed by atoms with Crippen molar-refractivity contribution < 1.29 is 4.42 Å². The molecule has 0 saturated heterocycles. The summed E-state index contributed by atoms with van der Waals surface area (Å²) >= 11 is 0. The largest absolute Gasteiger partial charge is 0.455 e. The molecular weight excluding hydrogens is 576 g/mol. The van der Waals surface area contributed by atoms with E-state index in [-0.39, 0.29) is 5.41 Å². The van der Waals surface area contributed by atoms with Crippen molar-refractivity contribution in [3.63, 3.8) is 0 Å². The van der Waals surface area contributed by atoms with E-state index in [0.29, 0.717) is 16.8 Å². The molecule has 9 aromatic rings. The monoisotopic (exact) mass is 604 g/mol. The molecule has 5 heteroatoms. The normalized spacial score (nSPS) is 12.1. The van der Waals surface area contributed by atoms with E-state index in [1.54, 1.807) is 0 Å². The molecule has 0 N–H and O–H groups in total. The van der Waals surface area contributed by atoms with Gasteiger partial charge < -0.3 is 13.6 Å². The average Bonchev–Trinajstić information content (AvgIpc) is 3.74. The maximum absolute atomic E-state index is 10.7. The van der Waals surface area contributed by atoms with E-state index in [0.717, 1.165) is 71.2 Å². The van der Waals surface area contributed by atoms with Gasteiger partial charge in [0.25, 0.3) is 0 Å². The van der Waals surface area contributed by atoms with Crippen LogP contribution in [-0.4, -0.2) is 9.13 Å². The first kappa shape index (κ1) is 27.0. The van der Waals surface area contributed by atoms with Crippen LogP contribution in [0.25, 0.3) is 76.9 Å². The Morgan fingerprint density at radius 3 is 1.77 bits per heavy atom. The van der Waals surface area contributed by atoms with Gasteiger partial charge in [0.15, 0.2) is 0 Å². The van der Waals surface area contributed by atoms with Crippen LogP contribution < -0.4 is 0 Å². The summed E-state index contributed by atoms with van der Waals surface area (Å²) in [4.78, 5) is 0. The lowest BCUT2D eigenvalue weighted by atomic mass is 9.86. The maximum Gasteiger partial charge on any atom is 0.145 e. The molecule has 0 spiro atoms. The Hall–Kier alpha value is -6.30. The first-order valence-corrected chi connectivity index (χ1v) is 15.7. The molecule has 0 radical (unpaired) electrons. The zero-order valence-electron chi connectivity index (χ0n) is 26.2. The molecule has 0 aliphatic rings. The van der Waals surface area contributed by atoms with Gasteiger partial charge in [0.2, 0.25) is 0 Å². The van der Waals surface area contributed by atoms with Crippen molar-refractivity contribution in [2.24, 2.45) is 0 Å². The molecule has 0 amide bonds. The van der Waals surface area contributed by atoms with Gasteiger partial charge in [0.1, 0.15) is 23.3 Å². The number of hydrogen-bond acceptors (Lipinski definition) is 3. The van der Waals surface area contributed by atoms with Gasteiger partial charge in [-0.25, -0.2) is 0 Å². The number of fused-ring (bicyclic) bond motifs is 10. The van der Waals surface area contributed by atoms with Crippen molar-refractivity contribution in [2.75, 3.05) is 0 Å². The third kappa shape index (κ3) is 3.75. The van der Waals surface area contributed by atoms with Crippen LogP contribution in [-0.2, 0) is 5.41 Å². The van der Waals surface area contributed by atoms with Crippen molar-refractivity contribution in [3.05, 3.63) is 132 Å². The quantitative estimate of drug-likeness (QED) is 0.197. The topological polar surface area (TPSA) is 70.6 Å². The maximum atomic E-state index is 10.7. The van der Waals surface area contributed by atoms with Crippen LogP contribution in [0.2, 0.25) is 0 Å². The molecule has 5 nitrogen and oxygen atoms in total. The summed E-state index contributed by atoms with van der Waals surface area (Å²) in [5, 5.41) is 27.7. The Labute approximate surface area is 270 Å². The fourth-order valence-corrected chi connectivity index (χ4v) is 7.35. The van der Waals surface area contributed by atoms with Gasteiger partial charge in [-0.3, -0.25) is 0 Å². The SMILES string of the molecule is CC(C)(C)c1ccc2c(c1)c1c3oc4ccccc4c3ccc1n2-c1cc(C#N)c(-n2c3ccccc3c3ccccc32)c(C#N)c1. The number of nitriles is 2. The Morgan fingerprint density at radius 2 is 1.13 bits per heavy atom. The lowest BCUT2D eigenvalue weighted by Gasteiger charge is -2.19. The lowest BCUT2D eigenvalue weighted by molar-refractivity contribution is 0.591. The summed E-state index contributed by atoms with van der Waals surface area (Å²) in [7, 11) is 0. The average molecular weight is 605 g/mol. The zero-order chi connectivity index (χ0) is 32.0. The lowest BCUT2D eigenvalue weighted by Crippen LogP contribution is -2.10. The van der Waals surface area contributed by atoms with Gasteiger partial charge in [0, 0.05) is 32.6 Å². The summed E-state index contributed by atoms with van der Waals surface area (Å²) in [6.45, 7) is 6.65. The van der Waals surface area contributed by atoms with E-state index in [2.05, 4.69) is 90.6 Å². The van der Waals surface area contributed by atoms with Gasteiger partial charge >= 0.3 is 0 Å². The number of aromatic nitrogens is 2. The van der Waals surface area contributed by atoms with Crippen LogP contribution in [0.1, 0.15) is 37.5 Å². The first-order valence-electron chi connectivity index (χ1n) is 15.7. The van der Waals surface area contributed by atoms with Gasteiger partial charge in [-0.2, -0.15) is 10.5 Å². The van der Waals surface area contributed by atoms with E-state index in [4.69, 9.17) is 4.42 Å². The fourth-order valence-electron chi connectivity index (χ4n) is 7.35. The summed E-state index contributed by atoms with van der Waals surface area (Å²) in [5.41, 5.74) is 8.88. The van der Waals surface area contributed by atoms with Crippen LogP contribution in [0.5, 0.6) is 0 Å². The molecule has 3 heterocycles. The molecule has 0 atom stereocenters. The van der Waals surface area contributed by atoms with Gasteiger partial charge in [-0.1, -0.05) is 81.4 Å². The van der Waals surface area contributed by atoms with Crippen molar-refractivity contribution in [2.45, 2.75) is 26.2 Å². The van der Waals surface area contributed by atoms with Crippen LogP contribution in [0.15, 0.2) is 120 Å². The van der Waals surface area contributed by atoms with Gasteiger partial charge in [-0.15, -0.1) is 0 Å². The van der Waals surface area contributed by atoms with Crippen LogP contribution >= 0.6 is 0 Å². The highest BCUT2D eigenvalue weighted by Gasteiger charge is 2.24. The zero-order valence-corrected chi connectivity index (χ0v) is 26.2. The third-order valence-corrected chi connectivity index (χ3v) is 9.54. The van der Waals surface area contributed by atoms with Gasteiger partial charge in [-0.05, 0) is 65.6 Å². The molecular formula is C42H28N4O. The Kier molecular flexibility index (Phi) is 5.52. The molecule has 0 unspecified atom stereocenters. The fraction of sp³-hybridized carbons (Fsp3) is 0.0952. The van der Waals surface area contributed by atoms with Crippen LogP contribution in [0, 0.1) is 22.7 Å². The van der Waals surface area contributed by atoms with Crippen molar-refractivity contribution in [1.82, 2.24) is 9.13 Å². The molecule has 0 aliphatic carbocycles. The molecule has 3 aromatic heterocycles. The summed E-state index contributed by atoms with van der Waals surface area (Å²) in [5.74, 6) is 0. The van der Waals surface area contributed by atoms with Crippen molar-refractivity contribution in [3.8, 4) is 23.5 Å². The highest BCUT2D eigenvalue weighted by molar-refractivity contribution is 6.24. The highest BCUT2D eigenvalue weighted by atomic mass is 16.3. The van der Waals surface area contributed by atoms with E-state index in [9.17, 15) is 10.5 Å². The Bertz CT molecular complexity index is 2770. The number of nitrogens with zero attached hydrogens (tertiary/aromatic N) is 4. The third-order valence-electron chi connectivity index (χ3n) is 9.54. The van der Waals surface area contributed by atoms with Crippen LogP contribution in [0.3, 0.4) is 0 Å². The summed E-state index contributed by atoms with van der Waals surface area (Å²) < 4.78 is 10.8. The molecule has 0 saturated carbocycles. The summed E-state index contributed by atoms with van der Waals surface area (Å²) in [6, 6.07) is 44.0. The Balaban J connectivity index is 1.40. The molecule has 0 fully saturated rings. The number of furan rings is 1. The number of para-hydroxylation sites is 3. The number of benzene rings is 6. The highest BCUT2D eigenvalue weighted by Crippen LogP contribution is 2.43. The standard InChI is InChI=1S/C42H28N4O/c1-42(2,3)27-16-18-36-33(22-27)39-37(19-17-32-31-12-6-9-15-38(31)47-41(32)39)45(36)28-20-25(23-43)40(26(21-28)24-44)46-34-13-7-4-10-29(34)30-11-5-8-14-35(30)46/h4-22H,1-3H3. The second kappa shape index (κ2) is 9.60. The first-order chi connectivity index (χ1) is 22.9. The van der Waals surface area contributed by atoms with Crippen molar-refractivity contribution in [1.29, 1.82) is 10.5 Å². The molecule has 9 rings (SSSR count). The minimum absolute atomic E-state index is 0.0592. The minimum atomic E-state index is -0.0592. The van der Waals surface area contributed by atoms with E-state index >= 15 is 0 Å². The number of hydrogen-bond donors (Lipinski definition) is 0.